The third-order valence-corrected chi connectivity index (χ3v) is 2.29. The van der Waals surface area contributed by atoms with Crippen LogP contribution in [0.3, 0.4) is 0 Å². The highest BCUT2D eigenvalue weighted by Crippen LogP contribution is 2.17. The lowest BCUT2D eigenvalue weighted by Crippen LogP contribution is -1.98. The Morgan fingerprint density at radius 1 is 1.11 bits per heavy atom. The second-order valence-electron chi connectivity index (χ2n) is 3.57. The Morgan fingerprint density at radius 2 is 1.94 bits per heavy atom. The molecule has 2 aromatic rings. The highest BCUT2D eigenvalue weighted by Gasteiger charge is 2.00. The lowest BCUT2D eigenvalue weighted by atomic mass is 10.2. The number of pyridine rings is 1. The predicted molar refractivity (Wildman–Crippen MR) is 69.0 cm³/mol. The number of aliphatic hydroxyl groups excluding tert-OH is 1. The number of aliphatic hydroxyl groups is 1. The van der Waals surface area contributed by atoms with Gasteiger partial charge >= 0.3 is 0 Å². The van der Waals surface area contributed by atoms with E-state index < -0.39 is 0 Å². The van der Waals surface area contributed by atoms with Gasteiger partial charge in [-0.05, 0) is 24.3 Å². The van der Waals surface area contributed by atoms with E-state index in [1.54, 1.807) is 6.20 Å². The first kappa shape index (κ1) is 12.2. The van der Waals surface area contributed by atoms with Crippen LogP contribution < -0.4 is 4.74 Å². The van der Waals surface area contributed by atoms with Crippen LogP contribution in [0.2, 0.25) is 0 Å². The molecule has 3 nitrogen and oxygen atoms in total. The zero-order valence-corrected chi connectivity index (χ0v) is 9.84. The van der Waals surface area contributed by atoms with Gasteiger partial charge in [-0.1, -0.05) is 30.0 Å². The van der Waals surface area contributed by atoms with Crippen LogP contribution in [0.1, 0.15) is 11.3 Å². The third kappa shape index (κ3) is 3.34. The summed E-state index contributed by atoms with van der Waals surface area (Å²) in [5.41, 5.74) is 1.63. The van der Waals surface area contributed by atoms with E-state index in [0.29, 0.717) is 12.4 Å². The summed E-state index contributed by atoms with van der Waals surface area (Å²) in [4.78, 5) is 4.18. The van der Waals surface area contributed by atoms with Gasteiger partial charge in [0.05, 0.1) is 11.3 Å². The molecular weight excluding hydrogens is 226 g/mol. The number of hydrogen-bond acceptors (Lipinski definition) is 3. The van der Waals surface area contributed by atoms with E-state index in [9.17, 15) is 0 Å². The number of rotatable bonds is 3. The molecule has 0 aliphatic rings. The van der Waals surface area contributed by atoms with Crippen molar-refractivity contribution in [2.24, 2.45) is 0 Å². The van der Waals surface area contributed by atoms with Gasteiger partial charge in [-0.25, -0.2) is 0 Å². The molecular formula is C15H13NO2. The van der Waals surface area contributed by atoms with Crippen molar-refractivity contribution in [2.75, 3.05) is 6.61 Å². The molecule has 90 valence electrons. The van der Waals surface area contributed by atoms with Gasteiger partial charge in [-0.15, -0.1) is 0 Å². The average Bonchev–Trinajstić information content (AvgIpc) is 2.45. The Kier molecular flexibility index (Phi) is 4.34. The van der Waals surface area contributed by atoms with Gasteiger partial charge in [0.2, 0.25) is 0 Å². The van der Waals surface area contributed by atoms with Crippen molar-refractivity contribution in [3.05, 3.63) is 59.9 Å². The number of ether oxygens (including phenoxy) is 1. The molecule has 0 fully saturated rings. The first-order chi connectivity index (χ1) is 8.90. The van der Waals surface area contributed by atoms with Crippen LogP contribution in [-0.4, -0.2) is 16.7 Å². The molecule has 0 aliphatic heterocycles. The molecule has 3 heteroatoms. The maximum absolute atomic E-state index is 8.70. The van der Waals surface area contributed by atoms with Crippen LogP contribution in [0, 0.1) is 11.8 Å². The monoisotopic (exact) mass is 239 g/mol. The fourth-order valence-electron chi connectivity index (χ4n) is 1.47. The van der Waals surface area contributed by atoms with E-state index in [-0.39, 0.29) is 6.61 Å². The Bertz CT molecular complexity index is 555. The number of para-hydroxylation sites is 1. The highest BCUT2D eigenvalue weighted by molar-refractivity contribution is 5.45. The van der Waals surface area contributed by atoms with Crippen molar-refractivity contribution in [3.8, 4) is 17.6 Å². The Morgan fingerprint density at radius 3 is 2.72 bits per heavy atom. The molecule has 1 aromatic carbocycles. The molecule has 0 saturated carbocycles. The van der Waals surface area contributed by atoms with E-state index in [1.165, 1.54) is 0 Å². The first-order valence-electron chi connectivity index (χ1n) is 5.61. The Hall–Kier alpha value is -2.31. The first-order valence-corrected chi connectivity index (χ1v) is 5.61. The summed E-state index contributed by atoms with van der Waals surface area (Å²) in [5.74, 6) is 6.17. The molecule has 1 heterocycles. The smallest absolute Gasteiger partial charge is 0.135 e. The number of aromatic nitrogens is 1. The van der Waals surface area contributed by atoms with Crippen LogP contribution in [0.4, 0.5) is 0 Å². The van der Waals surface area contributed by atoms with Crippen LogP contribution >= 0.6 is 0 Å². The molecule has 0 atom stereocenters. The lowest BCUT2D eigenvalue weighted by Gasteiger charge is -2.07. The maximum atomic E-state index is 8.70. The number of nitrogens with zero attached hydrogens (tertiary/aromatic N) is 1. The van der Waals surface area contributed by atoms with Crippen molar-refractivity contribution in [2.45, 2.75) is 6.61 Å². The van der Waals surface area contributed by atoms with Crippen molar-refractivity contribution >= 4 is 0 Å². The molecule has 0 amide bonds. The summed E-state index contributed by atoms with van der Waals surface area (Å²) in [7, 11) is 0. The van der Waals surface area contributed by atoms with Gasteiger partial charge in [0.15, 0.2) is 0 Å². The zero-order valence-electron chi connectivity index (χ0n) is 9.84. The second-order valence-corrected chi connectivity index (χ2v) is 3.57. The largest absolute Gasteiger partial charge is 0.486 e. The Balaban J connectivity index is 2.09. The van der Waals surface area contributed by atoms with Gasteiger partial charge in [-0.2, -0.15) is 0 Å². The molecule has 0 bridgehead atoms. The Labute approximate surface area is 106 Å². The van der Waals surface area contributed by atoms with Crippen molar-refractivity contribution in [1.82, 2.24) is 4.98 Å². The molecule has 0 aliphatic carbocycles. The summed E-state index contributed by atoms with van der Waals surface area (Å²) in [5, 5.41) is 8.70. The fourth-order valence-corrected chi connectivity index (χ4v) is 1.47. The van der Waals surface area contributed by atoms with Crippen molar-refractivity contribution in [1.29, 1.82) is 0 Å². The lowest BCUT2D eigenvalue weighted by molar-refractivity contribution is 0.300. The molecule has 0 saturated heterocycles. The number of hydrogen-bond donors (Lipinski definition) is 1. The second kappa shape index (κ2) is 6.43. The van der Waals surface area contributed by atoms with E-state index in [2.05, 4.69) is 16.8 Å². The van der Waals surface area contributed by atoms with Crippen LogP contribution in [0.15, 0.2) is 48.7 Å². The van der Waals surface area contributed by atoms with Crippen molar-refractivity contribution < 1.29 is 9.84 Å². The van der Waals surface area contributed by atoms with Gasteiger partial charge < -0.3 is 9.84 Å². The maximum Gasteiger partial charge on any atom is 0.135 e. The van der Waals surface area contributed by atoms with E-state index >= 15 is 0 Å². The zero-order chi connectivity index (χ0) is 12.6. The number of benzene rings is 1. The summed E-state index contributed by atoms with van der Waals surface area (Å²) in [6, 6.07) is 13.2. The minimum absolute atomic E-state index is 0.158. The van der Waals surface area contributed by atoms with Crippen LogP contribution in [0.5, 0.6) is 5.75 Å². The van der Waals surface area contributed by atoms with Gasteiger partial charge in [0, 0.05) is 6.20 Å². The van der Waals surface area contributed by atoms with E-state index in [0.717, 1.165) is 11.3 Å². The normalized spacial score (nSPS) is 9.39. The summed E-state index contributed by atoms with van der Waals surface area (Å²) in [6.45, 7) is 0.243. The van der Waals surface area contributed by atoms with E-state index in [4.69, 9.17) is 9.84 Å². The molecule has 1 N–H and O–H groups in total. The van der Waals surface area contributed by atoms with Gasteiger partial charge in [0.1, 0.15) is 19.0 Å². The summed E-state index contributed by atoms with van der Waals surface area (Å²) >= 11 is 0. The third-order valence-electron chi connectivity index (χ3n) is 2.29. The molecule has 2 rings (SSSR count). The summed E-state index contributed by atoms with van der Waals surface area (Å²) < 4.78 is 5.67. The molecule has 18 heavy (non-hydrogen) atoms. The van der Waals surface area contributed by atoms with Gasteiger partial charge in [0.25, 0.3) is 0 Å². The van der Waals surface area contributed by atoms with Crippen molar-refractivity contribution in [3.63, 3.8) is 0 Å². The molecule has 1 aromatic heterocycles. The highest BCUT2D eigenvalue weighted by atomic mass is 16.5. The van der Waals surface area contributed by atoms with Crippen LogP contribution in [0.25, 0.3) is 0 Å². The average molecular weight is 239 g/mol. The van der Waals surface area contributed by atoms with E-state index in [1.807, 2.05) is 42.5 Å². The predicted octanol–water partition coefficient (Wildman–Crippen LogP) is 2.00. The molecule has 0 radical (unpaired) electrons. The standard InChI is InChI=1S/C15H13NO2/c17-11-5-7-13-6-1-2-9-15(13)18-12-14-8-3-4-10-16-14/h1-4,6,8-10,17H,11-12H2. The van der Waals surface area contributed by atoms with Gasteiger partial charge in [-0.3, -0.25) is 4.98 Å². The minimum Gasteiger partial charge on any atom is -0.486 e. The summed E-state index contributed by atoms with van der Waals surface area (Å²) in [6.07, 6.45) is 1.73. The van der Waals surface area contributed by atoms with Crippen LogP contribution in [-0.2, 0) is 6.61 Å². The SMILES string of the molecule is OCC#Cc1ccccc1OCc1ccccn1. The molecule has 0 unspecified atom stereocenters. The fraction of sp³-hybridized carbons (Fsp3) is 0.133. The topological polar surface area (TPSA) is 42.4 Å². The molecule has 0 spiro atoms. The quantitative estimate of drug-likeness (QED) is 0.833. The minimum atomic E-state index is -0.158.